The van der Waals surface area contributed by atoms with Crippen molar-refractivity contribution in [2.24, 2.45) is 0 Å². The minimum atomic E-state index is -0.503. The summed E-state index contributed by atoms with van der Waals surface area (Å²) in [4.78, 5) is 27.1. The van der Waals surface area contributed by atoms with Crippen molar-refractivity contribution in [2.75, 3.05) is 0 Å². The number of hydrogen-bond acceptors (Lipinski definition) is 4. The van der Waals surface area contributed by atoms with Crippen molar-refractivity contribution in [3.8, 4) is 5.75 Å². The first-order valence-corrected chi connectivity index (χ1v) is 7.06. The number of esters is 1. The summed E-state index contributed by atoms with van der Waals surface area (Å²) in [5.41, 5.74) is 1.82. The van der Waals surface area contributed by atoms with Gasteiger partial charge in [-0.25, -0.2) is 4.79 Å². The number of carbonyl (C=O) groups excluding carboxylic acids is 1. The van der Waals surface area contributed by atoms with Crippen LogP contribution in [0.25, 0.3) is 21.8 Å². The SMILES string of the molecule is C=C(C)C(=O)OCc1cc(O)c2c(=O)c3ccccc3[nH]c2c1. The van der Waals surface area contributed by atoms with Gasteiger partial charge in [0, 0.05) is 16.5 Å². The van der Waals surface area contributed by atoms with Crippen LogP contribution in [0.15, 0.2) is 53.3 Å². The van der Waals surface area contributed by atoms with E-state index < -0.39 is 5.97 Å². The Bertz CT molecular complexity index is 1000. The van der Waals surface area contributed by atoms with Crippen LogP contribution in [0, 0.1) is 0 Å². The van der Waals surface area contributed by atoms with Crippen molar-refractivity contribution in [1.82, 2.24) is 4.98 Å². The summed E-state index contributed by atoms with van der Waals surface area (Å²) in [6.45, 7) is 5.06. The zero-order chi connectivity index (χ0) is 16.6. The summed E-state index contributed by atoms with van der Waals surface area (Å²) in [7, 11) is 0. The van der Waals surface area contributed by atoms with Crippen molar-refractivity contribution in [1.29, 1.82) is 0 Å². The molecule has 5 nitrogen and oxygen atoms in total. The Morgan fingerprint density at radius 2 is 2.00 bits per heavy atom. The zero-order valence-electron chi connectivity index (χ0n) is 12.6. The Labute approximate surface area is 131 Å². The highest BCUT2D eigenvalue weighted by Gasteiger charge is 2.12. The van der Waals surface area contributed by atoms with Crippen LogP contribution in [0.1, 0.15) is 12.5 Å². The molecular weight excluding hydrogens is 294 g/mol. The van der Waals surface area contributed by atoms with Crippen LogP contribution in [0.5, 0.6) is 5.75 Å². The minimum absolute atomic E-state index is 0.00987. The molecule has 0 saturated carbocycles. The molecule has 0 bridgehead atoms. The largest absolute Gasteiger partial charge is 0.507 e. The lowest BCUT2D eigenvalue weighted by molar-refractivity contribution is -0.140. The van der Waals surface area contributed by atoms with Gasteiger partial charge >= 0.3 is 5.97 Å². The van der Waals surface area contributed by atoms with Gasteiger partial charge in [0.1, 0.15) is 12.4 Å². The van der Waals surface area contributed by atoms with Gasteiger partial charge in [-0.2, -0.15) is 0 Å². The molecule has 0 fully saturated rings. The number of benzene rings is 2. The molecule has 2 N–H and O–H groups in total. The maximum absolute atomic E-state index is 12.5. The van der Waals surface area contributed by atoms with Crippen LogP contribution < -0.4 is 5.43 Å². The van der Waals surface area contributed by atoms with Crippen molar-refractivity contribution < 1.29 is 14.6 Å². The summed E-state index contributed by atoms with van der Waals surface area (Å²) >= 11 is 0. The number of phenols is 1. The second-order valence-corrected chi connectivity index (χ2v) is 5.39. The van der Waals surface area contributed by atoms with Gasteiger partial charge in [0.25, 0.3) is 0 Å². The summed E-state index contributed by atoms with van der Waals surface area (Å²) in [6.07, 6.45) is 0. The Morgan fingerprint density at radius 3 is 2.74 bits per heavy atom. The van der Waals surface area contributed by atoms with Gasteiger partial charge in [-0.15, -0.1) is 0 Å². The quantitative estimate of drug-likeness (QED) is 0.443. The predicted molar refractivity (Wildman–Crippen MR) is 88.3 cm³/mol. The highest BCUT2D eigenvalue weighted by Crippen LogP contribution is 2.25. The Balaban J connectivity index is 2.11. The molecular formula is C18H15NO4. The molecule has 0 aliphatic carbocycles. The average molecular weight is 309 g/mol. The first-order chi connectivity index (χ1) is 11.0. The first-order valence-electron chi connectivity index (χ1n) is 7.06. The fourth-order valence-corrected chi connectivity index (χ4v) is 2.45. The van der Waals surface area contributed by atoms with E-state index in [-0.39, 0.29) is 23.2 Å². The van der Waals surface area contributed by atoms with E-state index in [1.54, 1.807) is 31.2 Å². The summed E-state index contributed by atoms with van der Waals surface area (Å²) in [6, 6.07) is 10.2. The number of aromatic hydroxyl groups is 1. The van der Waals surface area contributed by atoms with E-state index in [9.17, 15) is 14.7 Å². The number of H-pyrrole nitrogens is 1. The Morgan fingerprint density at radius 1 is 1.26 bits per heavy atom. The van der Waals surface area contributed by atoms with Gasteiger partial charge in [0.2, 0.25) is 5.43 Å². The molecule has 3 aromatic rings. The number of hydrogen-bond donors (Lipinski definition) is 2. The van der Waals surface area contributed by atoms with E-state index >= 15 is 0 Å². The van der Waals surface area contributed by atoms with Crippen LogP contribution in [0.4, 0.5) is 0 Å². The number of carbonyl (C=O) groups is 1. The van der Waals surface area contributed by atoms with Crippen LogP contribution >= 0.6 is 0 Å². The highest BCUT2D eigenvalue weighted by atomic mass is 16.5. The molecule has 0 saturated heterocycles. The monoisotopic (exact) mass is 309 g/mol. The fourth-order valence-electron chi connectivity index (χ4n) is 2.45. The molecule has 0 aliphatic heterocycles. The highest BCUT2D eigenvalue weighted by molar-refractivity contribution is 5.95. The summed E-state index contributed by atoms with van der Waals surface area (Å²) in [5.74, 6) is -0.646. The molecule has 0 atom stereocenters. The number of fused-ring (bicyclic) bond motifs is 2. The van der Waals surface area contributed by atoms with Crippen LogP contribution in [0.3, 0.4) is 0 Å². The lowest BCUT2D eigenvalue weighted by atomic mass is 10.1. The number of nitrogens with one attached hydrogen (secondary N) is 1. The molecule has 0 unspecified atom stereocenters. The molecule has 0 spiro atoms. The third-order valence-electron chi connectivity index (χ3n) is 3.56. The van der Waals surface area contributed by atoms with Gasteiger partial charge in [0.15, 0.2) is 0 Å². The predicted octanol–water partition coefficient (Wildman–Crippen LogP) is 3.01. The third-order valence-corrected chi connectivity index (χ3v) is 3.56. The molecule has 0 amide bonds. The van der Waals surface area contributed by atoms with Crippen molar-refractivity contribution in [3.63, 3.8) is 0 Å². The molecule has 2 aromatic carbocycles. The van der Waals surface area contributed by atoms with E-state index in [1.165, 1.54) is 6.07 Å². The topological polar surface area (TPSA) is 79.4 Å². The minimum Gasteiger partial charge on any atom is -0.507 e. The molecule has 23 heavy (non-hydrogen) atoms. The second kappa shape index (κ2) is 5.61. The maximum atomic E-state index is 12.5. The number of para-hydroxylation sites is 1. The number of phenolic OH excluding ortho intramolecular Hbond substituents is 1. The molecule has 0 radical (unpaired) electrons. The van der Waals surface area contributed by atoms with Crippen molar-refractivity contribution in [2.45, 2.75) is 13.5 Å². The van der Waals surface area contributed by atoms with Gasteiger partial charge in [-0.05, 0) is 36.8 Å². The standard InChI is InChI=1S/C18H15NO4/c1-10(2)18(22)23-9-11-7-14-16(15(20)8-11)17(21)12-5-3-4-6-13(12)19-14/h3-8,20H,1,9H2,2H3,(H,19,21). The second-order valence-electron chi connectivity index (χ2n) is 5.39. The summed E-state index contributed by atoms with van der Waals surface area (Å²) < 4.78 is 5.07. The van der Waals surface area contributed by atoms with E-state index in [0.717, 1.165) is 0 Å². The normalized spacial score (nSPS) is 10.8. The van der Waals surface area contributed by atoms with E-state index in [0.29, 0.717) is 27.6 Å². The molecule has 1 aromatic heterocycles. The smallest absolute Gasteiger partial charge is 0.333 e. The molecule has 1 heterocycles. The van der Waals surface area contributed by atoms with Gasteiger partial charge in [-0.1, -0.05) is 18.7 Å². The van der Waals surface area contributed by atoms with Gasteiger partial charge < -0.3 is 14.8 Å². The number of aromatic amines is 1. The number of pyridine rings is 1. The van der Waals surface area contributed by atoms with Crippen LogP contribution in [-0.2, 0) is 16.1 Å². The van der Waals surface area contributed by atoms with Crippen LogP contribution in [-0.4, -0.2) is 16.1 Å². The molecule has 0 aliphatic rings. The van der Waals surface area contributed by atoms with Crippen molar-refractivity contribution >= 4 is 27.8 Å². The van der Waals surface area contributed by atoms with Gasteiger partial charge in [0.05, 0.1) is 10.9 Å². The van der Waals surface area contributed by atoms with E-state index in [4.69, 9.17) is 4.74 Å². The van der Waals surface area contributed by atoms with Crippen LogP contribution in [0.2, 0.25) is 0 Å². The van der Waals surface area contributed by atoms with E-state index in [2.05, 4.69) is 11.6 Å². The number of ether oxygens (including phenoxy) is 1. The number of rotatable bonds is 3. The molecule has 3 rings (SSSR count). The Hall–Kier alpha value is -3.08. The lowest BCUT2D eigenvalue weighted by Crippen LogP contribution is -2.07. The van der Waals surface area contributed by atoms with Gasteiger partial charge in [-0.3, -0.25) is 4.79 Å². The maximum Gasteiger partial charge on any atom is 0.333 e. The fraction of sp³-hybridized carbons (Fsp3) is 0.111. The summed E-state index contributed by atoms with van der Waals surface area (Å²) in [5, 5.41) is 10.9. The molecule has 116 valence electrons. The lowest BCUT2D eigenvalue weighted by Gasteiger charge is -2.09. The zero-order valence-corrected chi connectivity index (χ0v) is 12.6. The third kappa shape index (κ3) is 2.68. The first kappa shape index (κ1) is 14.8. The molecule has 5 heteroatoms. The Kier molecular flexibility index (Phi) is 3.62. The van der Waals surface area contributed by atoms with Crippen molar-refractivity contribution in [3.05, 3.63) is 64.3 Å². The average Bonchev–Trinajstić information content (AvgIpc) is 2.52. The van der Waals surface area contributed by atoms with E-state index in [1.807, 2.05) is 6.07 Å². The number of aromatic nitrogens is 1.